The molecular weight excluding hydrogens is 474 g/mol. The average molecular weight is 512 g/mol. The lowest BCUT2D eigenvalue weighted by Gasteiger charge is -2.28. The Hall–Kier alpha value is -3.45. The average Bonchev–Trinajstić information content (AvgIpc) is 3.58. The van der Waals surface area contributed by atoms with Gasteiger partial charge in [0, 0.05) is 26.2 Å². The van der Waals surface area contributed by atoms with E-state index in [4.69, 9.17) is 14.6 Å². The predicted octanol–water partition coefficient (Wildman–Crippen LogP) is 5.81. The molecule has 0 bridgehead atoms. The van der Waals surface area contributed by atoms with Gasteiger partial charge in [0.25, 0.3) is 0 Å². The van der Waals surface area contributed by atoms with E-state index >= 15 is 0 Å². The van der Waals surface area contributed by atoms with Gasteiger partial charge in [-0.2, -0.15) is 5.10 Å². The zero-order valence-electron chi connectivity index (χ0n) is 22.1. The van der Waals surface area contributed by atoms with Gasteiger partial charge >= 0.3 is 0 Å². The molecule has 1 saturated heterocycles. The third kappa shape index (κ3) is 6.70. The molecule has 0 saturated carbocycles. The van der Waals surface area contributed by atoms with E-state index in [-0.39, 0.29) is 6.10 Å². The molecule has 198 valence electrons. The third-order valence-electron chi connectivity index (χ3n) is 6.96. The van der Waals surface area contributed by atoms with Crippen LogP contribution < -0.4 is 4.74 Å². The summed E-state index contributed by atoms with van der Waals surface area (Å²) in [7, 11) is 0. The lowest BCUT2D eigenvalue weighted by atomic mass is 10.1. The van der Waals surface area contributed by atoms with Crippen LogP contribution in [0.1, 0.15) is 36.6 Å². The molecule has 5 rings (SSSR count). The van der Waals surface area contributed by atoms with Crippen molar-refractivity contribution >= 4 is 0 Å². The van der Waals surface area contributed by atoms with Crippen LogP contribution in [-0.2, 0) is 24.1 Å². The van der Waals surface area contributed by atoms with Crippen LogP contribution in [0.5, 0.6) is 11.6 Å². The van der Waals surface area contributed by atoms with Crippen LogP contribution in [-0.4, -0.2) is 51.7 Å². The smallest absolute Gasteiger partial charge is 0.227 e. The van der Waals surface area contributed by atoms with Crippen molar-refractivity contribution in [2.24, 2.45) is 0 Å². The number of nitrogens with zero attached hydrogens (tertiary/aromatic N) is 3. The molecular formula is C32H37N3O3. The third-order valence-corrected chi connectivity index (χ3v) is 6.96. The lowest BCUT2D eigenvalue weighted by Crippen LogP contribution is -2.38. The number of ether oxygens (including phenoxy) is 2. The fraction of sp³-hybridized carbons (Fsp3) is 0.344. The second kappa shape index (κ2) is 12.9. The Morgan fingerprint density at radius 1 is 1.00 bits per heavy atom. The summed E-state index contributed by atoms with van der Waals surface area (Å²) in [6, 6.07) is 30.2. The first-order valence-electron chi connectivity index (χ1n) is 13.6. The first-order chi connectivity index (χ1) is 18.7. The molecule has 1 aliphatic heterocycles. The summed E-state index contributed by atoms with van der Waals surface area (Å²) in [5, 5.41) is 16.1. The summed E-state index contributed by atoms with van der Waals surface area (Å²) in [6.07, 6.45) is 3.20. The zero-order valence-corrected chi connectivity index (χ0v) is 22.1. The van der Waals surface area contributed by atoms with Gasteiger partial charge in [-0.05, 0) is 55.5 Å². The SMILES string of the molecule is CCc1nn(-c2ccccc2)c(Oc2ccccc2)c1CN(C[C@@H](O)Cc1ccccc1)C[C@@H]1CCCO1. The molecule has 2 atom stereocenters. The van der Waals surface area contributed by atoms with Crippen molar-refractivity contribution < 1.29 is 14.6 Å². The van der Waals surface area contributed by atoms with Gasteiger partial charge in [-0.25, -0.2) is 4.68 Å². The molecule has 1 aliphatic rings. The number of aliphatic hydroxyl groups excluding tert-OH is 1. The van der Waals surface area contributed by atoms with Gasteiger partial charge in [0.05, 0.1) is 29.2 Å². The maximum Gasteiger partial charge on any atom is 0.227 e. The zero-order chi connectivity index (χ0) is 26.2. The molecule has 0 spiro atoms. The minimum Gasteiger partial charge on any atom is -0.439 e. The van der Waals surface area contributed by atoms with Crippen molar-refractivity contribution in [3.63, 3.8) is 0 Å². The molecule has 0 amide bonds. The van der Waals surface area contributed by atoms with Crippen molar-refractivity contribution in [1.82, 2.24) is 14.7 Å². The van der Waals surface area contributed by atoms with E-state index in [1.54, 1.807) is 0 Å². The van der Waals surface area contributed by atoms with Crippen molar-refractivity contribution in [3.8, 4) is 17.3 Å². The molecule has 1 N–H and O–H groups in total. The van der Waals surface area contributed by atoms with Gasteiger partial charge < -0.3 is 14.6 Å². The monoisotopic (exact) mass is 511 g/mol. The van der Waals surface area contributed by atoms with Crippen LogP contribution in [0.2, 0.25) is 0 Å². The summed E-state index contributed by atoms with van der Waals surface area (Å²) in [4.78, 5) is 2.31. The van der Waals surface area contributed by atoms with E-state index in [2.05, 4.69) is 24.0 Å². The fourth-order valence-corrected chi connectivity index (χ4v) is 5.12. The van der Waals surface area contributed by atoms with Gasteiger partial charge in [-0.1, -0.05) is 73.7 Å². The molecule has 1 fully saturated rings. The number of benzene rings is 3. The largest absolute Gasteiger partial charge is 0.439 e. The van der Waals surface area contributed by atoms with Crippen LogP contribution in [0, 0.1) is 0 Å². The Balaban J connectivity index is 1.46. The summed E-state index contributed by atoms with van der Waals surface area (Å²) >= 11 is 0. The Morgan fingerprint density at radius 3 is 2.34 bits per heavy atom. The molecule has 0 radical (unpaired) electrons. The van der Waals surface area contributed by atoms with Crippen molar-refractivity contribution in [1.29, 1.82) is 0 Å². The number of para-hydroxylation sites is 2. The molecule has 3 aromatic carbocycles. The minimum atomic E-state index is -0.494. The summed E-state index contributed by atoms with van der Waals surface area (Å²) in [5.41, 5.74) is 4.13. The summed E-state index contributed by atoms with van der Waals surface area (Å²) in [5.74, 6) is 1.48. The van der Waals surface area contributed by atoms with E-state index < -0.39 is 6.10 Å². The first kappa shape index (κ1) is 26.2. The molecule has 38 heavy (non-hydrogen) atoms. The van der Waals surface area contributed by atoms with Crippen LogP contribution in [0.15, 0.2) is 91.0 Å². The molecule has 0 unspecified atom stereocenters. The Bertz CT molecular complexity index is 1260. The van der Waals surface area contributed by atoms with Crippen LogP contribution in [0.4, 0.5) is 0 Å². The Kier molecular flexibility index (Phi) is 8.86. The van der Waals surface area contributed by atoms with E-state index in [1.807, 2.05) is 83.5 Å². The van der Waals surface area contributed by atoms with E-state index in [1.165, 1.54) is 0 Å². The van der Waals surface area contributed by atoms with E-state index in [9.17, 15) is 5.11 Å². The van der Waals surface area contributed by atoms with Gasteiger partial charge in [0.2, 0.25) is 5.88 Å². The van der Waals surface area contributed by atoms with Crippen molar-refractivity contribution in [2.45, 2.75) is 51.4 Å². The standard InChI is InChI=1S/C32H37N3O3/c1-2-31-30(32(38-28-17-10-5-11-18-28)35(33-31)26-15-8-4-9-16-26)24-34(23-29-19-12-20-37-29)22-27(36)21-25-13-6-3-7-14-25/h3-11,13-18,27,29,36H,2,12,19-24H2,1H3/t27-,29-/m0/s1. The number of aromatic nitrogens is 2. The highest BCUT2D eigenvalue weighted by molar-refractivity contribution is 5.43. The maximum atomic E-state index is 11.1. The van der Waals surface area contributed by atoms with Gasteiger partial charge in [0.15, 0.2) is 0 Å². The normalized spacial score (nSPS) is 16.1. The number of hydrogen-bond donors (Lipinski definition) is 1. The number of rotatable bonds is 12. The maximum absolute atomic E-state index is 11.1. The van der Waals surface area contributed by atoms with Crippen LogP contribution in [0.3, 0.4) is 0 Å². The Morgan fingerprint density at radius 2 is 1.68 bits per heavy atom. The highest BCUT2D eigenvalue weighted by Crippen LogP contribution is 2.32. The van der Waals surface area contributed by atoms with Crippen molar-refractivity contribution in [3.05, 3.63) is 108 Å². The molecule has 2 heterocycles. The first-order valence-corrected chi connectivity index (χ1v) is 13.6. The lowest BCUT2D eigenvalue weighted by molar-refractivity contribution is 0.0461. The van der Waals surface area contributed by atoms with Gasteiger partial charge in [-0.3, -0.25) is 4.90 Å². The van der Waals surface area contributed by atoms with Gasteiger partial charge in [0.1, 0.15) is 5.75 Å². The Labute approximate surface area is 225 Å². The second-order valence-electron chi connectivity index (χ2n) is 9.92. The topological polar surface area (TPSA) is 59.8 Å². The quantitative estimate of drug-likeness (QED) is 0.260. The molecule has 0 aliphatic carbocycles. The minimum absolute atomic E-state index is 0.173. The number of hydrogen-bond acceptors (Lipinski definition) is 5. The molecule has 6 heteroatoms. The van der Waals surface area contributed by atoms with E-state index in [0.717, 1.165) is 60.7 Å². The molecule has 1 aromatic heterocycles. The molecule has 4 aromatic rings. The number of aliphatic hydroxyl groups is 1. The van der Waals surface area contributed by atoms with Crippen molar-refractivity contribution in [2.75, 3.05) is 19.7 Å². The fourth-order valence-electron chi connectivity index (χ4n) is 5.12. The highest BCUT2D eigenvalue weighted by atomic mass is 16.5. The van der Waals surface area contributed by atoms with E-state index in [0.29, 0.717) is 25.4 Å². The van der Waals surface area contributed by atoms with Crippen LogP contribution in [0.25, 0.3) is 5.69 Å². The van der Waals surface area contributed by atoms with Gasteiger partial charge in [-0.15, -0.1) is 0 Å². The molecule has 6 nitrogen and oxygen atoms in total. The highest BCUT2D eigenvalue weighted by Gasteiger charge is 2.26. The summed E-state index contributed by atoms with van der Waals surface area (Å²) < 4.78 is 14.4. The second-order valence-corrected chi connectivity index (χ2v) is 9.92. The predicted molar refractivity (Wildman–Crippen MR) is 150 cm³/mol. The summed E-state index contributed by atoms with van der Waals surface area (Å²) in [6.45, 7) is 4.85. The van der Waals surface area contributed by atoms with Crippen LogP contribution >= 0.6 is 0 Å². The number of aryl methyl sites for hydroxylation is 1.